The van der Waals surface area contributed by atoms with E-state index in [9.17, 15) is 4.79 Å². The molecule has 0 unspecified atom stereocenters. The summed E-state index contributed by atoms with van der Waals surface area (Å²) in [6.07, 6.45) is 0. The lowest BCUT2D eigenvalue weighted by Crippen LogP contribution is -2.13. The molecule has 20 heavy (non-hydrogen) atoms. The van der Waals surface area contributed by atoms with Gasteiger partial charge in [0.1, 0.15) is 5.71 Å². The summed E-state index contributed by atoms with van der Waals surface area (Å²) in [6.45, 7) is 0. The largest absolute Gasteiger partial charge is 0.320 e. The van der Waals surface area contributed by atoms with Gasteiger partial charge in [0.15, 0.2) is 0 Å². The standard InChI is InChI=1S/C15H8BrN3O/c16-10-4-5-13-12(7-10)14(15(20)19-13)18-11-3-1-2-9(6-11)8-17/h1-7H,(H,18,19,20). The van der Waals surface area contributed by atoms with Gasteiger partial charge in [0.25, 0.3) is 5.91 Å². The van der Waals surface area contributed by atoms with Crippen LogP contribution in [0.5, 0.6) is 0 Å². The lowest BCUT2D eigenvalue weighted by atomic mass is 10.1. The molecule has 2 aromatic rings. The molecule has 4 nitrogen and oxygen atoms in total. The maximum absolute atomic E-state index is 12.0. The fourth-order valence-corrected chi connectivity index (χ4v) is 2.37. The Morgan fingerprint density at radius 2 is 2.05 bits per heavy atom. The number of rotatable bonds is 1. The van der Waals surface area contributed by atoms with Crippen LogP contribution in [-0.4, -0.2) is 11.6 Å². The van der Waals surface area contributed by atoms with Crippen molar-refractivity contribution < 1.29 is 4.79 Å². The summed E-state index contributed by atoms with van der Waals surface area (Å²) in [5, 5.41) is 11.7. The monoisotopic (exact) mass is 325 g/mol. The molecule has 0 aromatic heterocycles. The van der Waals surface area contributed by atoms with Crippen molar-refractivity contribution in [2.75, 3.05) is 5.32 Å². The Kier molecular flexibility index (Phi) is 3.09. The summed E-state index contributed by atoms with van der Waals surface area (Å²) in [4.78, 5) is 16.3. The zero-order valence-corrected chi connectivity index (χ0v) is 11.8. The minimum Gasteiger partial charge on any atom is -0.320 e. The van der Waals surface area contributed by atoms with Crippen LogP contribution in [-0.2, 0) is 4.79 Å². The lowest BCUT2D eigenvalue weighted by Gasteiger charge is -1.99. The van der Waals surface area contributed by atoms with Gasteiger partial charge in [-0.05, 0) is 36.4 Å². The van der Waals surface area contributed by atoms with Gasteiger partial charge in [-0.15, -0.1) is 0 Å². The summed E-state index contributed by atoms with van der Waals surface area (Å²) in [7, 11) is 0. The first-order valence-electron chi connectivity index (χ1n) is 5.87. The molecular formula is C15H8BrN3O. The van der Waals surface area contributed by atoms with E-state index in [2.05, 4.69) is 32.3 Å². The Labute approximate surface area is 123 Å². The molecule has 0 aliphatic carbocycles. The van der Waals surface area contributed by atoms with Crippen molar-refractivity contribution in [1.29, 1.82) is 5.26 Å². The van der Waals surface area contributed by atoms with Crippen molar-refractivity contribution in [2.45, 2.75) is 0 Å². The fraction of sp³-hybridized carbons (Fsp3) is 0. The Bertz CT molecular complexity index is 790. The van der Waals surface area contributed by atoms with E-state index in [4.69, 9.17) is 5.26 Å². The fourth-order valence-electron chi connectivity index (χ4n) is 2.01. The minimum atomic E-state index is -0.236. The molecule has 5 heteroatoms. The second-order valence-electron chi connectivity index (χ2n) is 4.27. The number of amides is 1. The van der Waals surface area contributed by atoms with Crippen molar-refractivity contribution in [3.8, 4) is 6.07 Å². The van der Waals surface area contributed by atoms with Crippen molar-refractivity contribution in [1.82, 2.24) is 0 Å². The minimum absolute atomic E-state index is 0.236. The normalized spacial score (nSPS) is 14.8. The number of nitriles is 1. The second kappa shape index (κ2) is 4.91. The van der Waals surface area contributed by atoms with Crippen molar-refractivity contribution in [3.05, 3.63) is 58.1 Å². The van der Waals surface area contributed by atoms with Crippen molar-refractivity contribution >= 4 is 38.9 Å². The first kappa shape index (κ1) is 12.6. The molecule has 0 bridgehead atoms. The smallest absolute Gasteiger partial charge is 0.275 e. The molecule has 0 atom stereocenters. The van der Waals surface area contributed by atoms with Crippen LogP contribution >= 0.6 is 15.9 Å². The molecule has 0 saturated heterocycles. The predicted molar refractivity (Wildman–Crippen MR) is 80.1 cm³/mol. The zero-order chi connectivity index (χ0) is 14.1. The number of nitrogens with one attached hydrogen (secondary N) is 1. The molecule has 0 radical (unpaired) electrons. The molecule has 1 amide bonds. The van der Waals surface area contributed by atoms with Gasteiger partial charge in [-0.2, -0.15) is 5.26 Å². The molecule has 1 N–H and O–H groups in total. The molecule has 1 aliphatic rings. The van der Waals surface area contributed by atoms with Crippen molar-refractivity contribution in [2.24, 2.45) is 4.99 Å². The third-order valence-electron chi connectivity index (χ3n) is 2.92. The van der Waals surface area contributed by atoms with E-state index >= 15 is 0 Å². The van der Waals surface area contributed by atoms with Gasteiger partial charge in [0.2, 0.25) is 0 Å². The predicted octanol–water partition coefficient (Wildman–Crippen LogP) is 3.39. The van der Waals surface area contributed by atoms with E-state index in [1.54, 1.807) is 24.3 Å². The number of carbonyl (C=O) groups is 1. The summed E-state index contributed by atoms with van der Waals surface area (Å²) in [5.74, 6) is -0.236. The summed E-state index contributed by atoms with van der Waals surface area (Å²) in [6, 6.07) is 14.4. The van der Waals surface area contributed by atoms with E-state index in [1.807, 2.05) is 18.2 Å². The third kappa shape index (κ3) is 2.22. The van der Waals surface area contributed by atoms with Crippen LogP contribution in [0, 0.1) is 11.3 Å². The van der Waals surface area contributed by atoms with Crippen LogP contribution in [0.4, 0.5) is 11.4 Å². The summed E-state index contributed by atoms with van der Waals surface area (Å²) in [5.41, 5.74) is 2.96. The number of benzene rings is 2. The van der Waals surface area contributed by atoms with E-state index < -0.39 is 0 Å². The number of carbonyl (C=O) groups excluding carboxylic acids is 1. The molecule has 0 fully saturated rings. The number of anilines is 1. The van der Waals surface area contributed by atoms with E-state index in [0.29, 0.717) is 17.0 Å². The average molecular weight is 326 g/mol. The van der Waals surface area contributed by atoms with Gasteiger partial charge >= 0.3 is 0 Å². The Hall–Kier alpha value is -2.45. The van der Waals surface area contributed by atoms with E-state index in [0.717, 1.165) is 15.7 Å². The van der Waals surface area contributed by atoms with Crippen LogP contribution in [0.2, 0.25) is 0 Å². The zero-order valence-electron chi connectivity index (χ0n) is 10.2. The maximum Gasteiger partial charge on any atom is 0.275 e. The van der Waals surface area contributed by atoms with Crippen LogP contribution in [0.3, 0.4) is 0 Å². The summed E-state index contributed by atoms with van der Waals surface area (Å²) >= 11 is 3.38. The number of hydrogen-bond acceptors (Lipinski definition) is 3. The Balaban J connectivity index is 2.11. The molecule has 1 heterocycles. The van der Waals surface area contributed by atoms with Crippen LogP contribution in [0.25, 0.3) is 0 Å². The first-order valence-corrected chi connectivity index (χ1v) is 6.67. The van der Waals surface area contributed by atoms with E-state index in [1.165, 1.54) is 0 Å². The molecule has 3 rings (SSSR count). The van der Waals surface area contributed by atoms with Crippen LogP contribution in [0.1, 0.15) is 11.1 Å². The molecule has 96 valence electrons. The Morgan fingerprint density at radius 1 is 1.20 bits per heavy atom. The first-order chi connectivity index (χ1) is 9.67. The number of aliphatic imine (C=N–C) groups is 1. The van der Waals surface area contributed by atoms with Gasteiger partial charge in [-0.1, -0.05) is 22.0 Å². The van der Waals surface area contributed by atoms with Gasteiger partial charge in [0, 0.05) is 10.0 Å². The van der Waals surface area contributed by atoms with Crippen LogP contribution in [0.15, 0.2) is 51.9 Å². The highest BCUT2D eigenvalue weighted by atomic mass is 79.9. The van der Waals surface area contributed by atoms with Gasteiger partial charge in [0.05, 0.1) is 23.0 Å². The number of hydrogen-bond donors (Lipinski definition) is 1. The number of halogens is 1. The maximum atomic E-state index is 12.0. The van der Waals surface area contributed by atoms with Gasteiger partial charge in [-0.25, -0.2) is 4.99 Å². The van der Waals surface area contributed by atoms with Gasteiger partial charge in [-0.3, -0.25) is 4.79 Å². The highest BCUT2D eigenvalue weighted by Gasteiger charge is 2.25. The molecule has 0 saturated carbocycles. The molecule has 2 aromatic carbocycles. The third-order valence-corrected chi connectivity index (χ3v) is 3.41. The molecule has 0 spiro atoms. The van der Waals surface area contributed by atoms with Crippen LogP contribution < -0.4 is 5.32 Å². The van der Waals surface area contributed by atoms with E-state index in [-0.39, 0.29) is 5.91 Å². The molecular weight excluding hydrogens is 318 g/mol. The SMILES string of the molecule is N#Cc1cccc(N=C2C(=O)Nc3ccc(Br)cc32)c1. The second-order valence-corrected chi connectivity index (χ2v) is 5.18. The summed E-state index contributed by atoms with van der Waals surface area (Å²) < 4.78 is 0.881. The number of nitrogens with zero attached hydrogens (tertiary/aromatic N) is 2. The Morgan fingerprint density at radius 3 is 2.85 bits per heavy atom. The highest BCUT2D eigenvalue weighted by molar-refractivity contribution is 9.10. The highest BCUT2D eigenvalue weighted by Crippen LogP contribution is 2.28. The topological polar surface area (TPSA) is 65.2 Å². The van der Waals surface area contributed by atoms with Crippen molar-refractivity contribution in [3.63, 3.8) is 0 Å². The quantitative estimate of drug-likeness (QED) is 0.873. The number of fused-ring (bicyclic) bond motifs is 1. The molecule has 1 aliphatic heterocycles. The van der Waals surface area contributed by atoms with Gasteiger partial charge < -0.3 is 5.32 Å². The average Bonchev–Trinajstić information content (AvgIpc) is 2.75. The lowest BCUT2D eigenvalue weighted by molar-refractivity contribution is -0.110.